The van der Waals surface area contributed by atoms with E-state index in [-0.39, 0.29) is 18.1 Å². The van der Waals surface area contributed by atoms with Gasteiger partial charge in [0, 0.05) is 6.04 Å². The van der Waals surface area contributed by atoms with Crippen molar-refractivity contribution in [2.75, 3.05) is 6.61 Å². The molecule has 1 aliphatic heterocycles. The molecule has 1 heterocycles. The van der Waals surface area contributed by atoms with Crippen LogP contribution in [0.15, 0.2) is 24.3 Å². The van der Waals surface area contributed by atoms with Crippen molar-refractivity contribution < 1.29 is 9.53 Å². The van der Waals surface area contributed by atoms with Crippen molar-refractivity contribution in [2.24, 2.45) is 0 Å². The van der Waals surface area contributed by atoms with Crippen molar-refractivity contribution in [3.05, 3.63) is 35.4 Å². The van der Waals surface area contributed by atoms with Crippen molar-refractivity contribution >= 4 is 5.97 Å². The van der Waals surface area contributed by atoms with Crippen molar-refractivity contribution in [3.63, 3.8) is 0 Å². The van der Waals surface area contributed by atoms with Crippen molar-refractivity contribution in [1.29, 1.82) is 0 Å². The van der Waals surface area contributed by atoms with Crippen LogP contribution in [-0.4, -0.2) is 18.6 Å². The van der Waals surface area contributed by atoms with Crippen molar-refractivity contribution in [3.8, 4) is 0 Å². The number of benzene rings is 1. The van der Waals surface area contributed by atoms with E-state index in [1.54, 1.807) is 0 Å². The number of carbonyl (C=O) groups is 1. The number of nitrogens with one attached hydrogen (secondary N) is 1. The highest BCUT2D eigenvalue weighted by molar-refractivity contribution is 5.76. The molecule has 1 fully saturated rings. The molecule has 2 rings (SSSR count). The zero-order valence-corrected chi connectivity index (χ0v) is 11.8. The van der Waals surface area contributed by atoms with E-state index in [0.717, 1.165) is 25.7 Å². The first kappa shape index (κ1) is 14.1. The minimum atomic E-state index is -0.137. The molecule has 3 nitrogen and oxygen atoms in total. The fourth-order valence-corrected chi connectivity index (χ4v) is 2.50. The maximum absolute atomic E-state index is 11.9. The lowest BCUT2D eigenvalue weighted by molar-refractivity contribution is -0.145. The van der Waals surface area contributed by atoms with Gasteiger partial charge in [0.2, 0.25) is 0 Å². The Labute approximate surface area is 115 Å². The molecule has 1 N–H and O–H groups in total. The summed E-state index contributed by atoms with van der Waals surface area (Å²) in [6.07, 6.45) is 3.86. The normalized spacial score (nSPS) is 22.4. The van der Waals surface area contributed by atoms with Gasteiger partial charge in [0.1, 0.15) is 6.04 Å². The molecule has 3 heteroatoms. The summed E-state index contributed by atoms with van der Waals surface area (Å²) in [5, 5.41) is 3.39. The second-order valence-corrected chi connectivity index (χ2v) is 5.28. The number of rotatable bonds is 5. The Kier molecular flexibility index (Phi) is 4.97. The molecule has 0 spiro atoms. The Morgan fingerprint density at radius 3 is 3.00 bits per heavy atom. The number of hydrogen-bond acceptors (Lipinski definition) is 3. The van der Waals surface area contributed by atoms with Gasteiger partial charge in [0.15, 0.2) is 0 Å². The quantitative estimate of drug-likeness (QED) is 0.653. The molecule has 0 amide bonds. The van der Waals surface area contributed by atoms with Crippen LogP contribution in [0, 0.1) is 6.92 Å². The lowest BCUT2D eigenvalue weighted by atomic mass is 10.0. The summed E-state index contributed by atoms with van der Waals surface area (Å²) >= 11 is 0. The van der Waals surface area contributed by atoms with Gasteiger partial charge in [-0.15, -0.1) is 0 Å². The predicted octanol–water partition coefficient (Wildman–Crippen LogP) is 3.13. The highest BCUT2D eigenvalue weighted by atomic mass is 16.5. The zero-order valence-electron chi connectivity index (χ0n) is 11.8. The topological polar surface area (TPSA) is 38.3 Å². The maximum atomic E-state index is 11.9. The molecule has 1 aromatic rings. The molecular formula is C16H23NO2. The molecule has 19 heavy (non-hydrogen) atoms. The average Bonchev–Trinajstić information content (AvgIpc) is 2.88. The number of hydrogen-bond donors (Lipinski definition) is 1. The third kappa shape index (κ3) is 3.80. The Bertz CT molecular complexity index is 431. The monoisotopic (exact) mass is 261 g/mol. The molecule has 0 radical (unpaired) electrons. The van der Waals surface area contributed by atoms with Crippen LogP contribution in [0.1, 0.15) is 49.8 Å². The number of ether oxygens (including phenoxy) is 1. The Balaban J connectivity index is 1.87. The first-order chi connectivity index (χ1) is 9.20. The van der Waals surface area contributed by atoms with Gasteiger partial charge in [0.25, 0.3) is 0 Å². The van der Waals surface area contributed by atoms with E-state index in [0.29, 0.717) is 6.61 Å². The molecule has 0 aromatic heterocycles. The van der Waals surface area contributed by atoms with Crippen molar-refractivity contribution in [2.45, 2.75) is 51.6 Å². The summed E-state index contributed by atoms with van der Waals surface area (Å²) in [5.74, 6) is -0.0939. The summed E-state index contributed by atoms with van der Waals surface area (Å²) in [5.41, 5.74) is 2.53. The van der Waals surface area contributed by atoms with Crippen LogP contribution in [0.2, 0.25) is 0 Å². The number of carbonyl (C=O) groups excluding carboxylic acids is 1. The summed E-state index contributed by atoms with van der Waals surface area (Å²) in [6.45, 7) is 4.73. The Morgan fingerprint density at radius 1 is 1.42 bits per heavy atom. The van der Waals surface area contributed by atoms with E-state index in [1.165, 1.54) is 11.1 Å². The summed E-state index contributed by atoms with van der Waals surface area (Å²) < 4.78 is 5.27. The van der Waals surface area contributed by atoms with E-state index in [1.807, 2.05) is 0 Å². The maximum Gasteiger partial charge on any atom is 0.323 e. The summed E-state index contributed by atoms with van der Waals surface area (Å²) in [4.78, 5) is 11.9. The van der Waals surface area contributed by atoms with Crippen LogP contribution in [0.25, 0.3) is 0 Å². The fourth-order valence-electron chi connectivity index (χ4n) is 2.50. The molecule has 2 atom stereocenters. The molecule has 1 aliphatic rings. The third-order valence-corrected chi connectivity index (χ3v) is 3.62. The van der Waals surface area contributed by atoms with Gasteiger partial charge < -0.3 is 4.74 Å². The smallest absolute Gasteiger partial charge is 0.323 e. The zero-order chi connectivity index (χ0) is 13.7. The highest BCUT2D eigenvalue weighted by Gasteiger charge is 2.30. The molecule has 0 bridgehead atoms. The first-order valence-corrected chi connectivity index (χ1v) is 7.20. The van der Waals surface area contributed by atoms with E-state index in [9.17, 15) is 4.79 Å². The van der Waals surface area contributed by atoms with Crippen LogP contribution in [0.5, 0.6) is 0 Å². The molecule has 0 aliphatic carbocycles. The third-order valence-electron chi connectivity index (χ3n) is 3.62. The van der Waals surface area contributed by atoms with Crippen molar-refractivity contribution in [1.82, 2.24) is 5.32 Å². The van der Waals surface area contributed by atoms with Gasteiger partial charge in [-0.05, 0) is 31.7 Å². The number of aryl methyl sites for hydroxylation is 1. The van der Waals surface area contributed by atoms with Crippen LogP contribution in [0.3, 0.4) is 0 Å². The molecule has 1 saturated heterocycles. The minimum absolute atomic E-state index is 0.0939. The summed E-state index contributed by atoms with van der Waals surface area (Å²) in [7, 11) is 0. The number of unbranched alkanes of at least 4 members (excludes halogenated alkanes) is 1. The standard InChI is InChI=1S/C16H23NO2/c1-3-4-10-19-16(18)15-9-8-14(17-15)13-7-5-6-12(2)11-13/h5-7,11,14-15,17H,3-4,8-10H2,1-2H3. The van der Waals surface area contributed by atoms with Gasteiger partial charge >= 0.3 is 5.97 Å². The minimum Gasteiger partial charge on any atom is -0.465 e. The van der Waals surface area contributed by atoms with Crippen LogP contribution in [0.4, 0.5) is 0 Å². The Hall–Kier alpha value is -1.35. The predicted molar refractivity (Wildman–Crippen MR) is 75.9 cm³/mol. The fraction of sp³-hybridized carbons (Fsp3) is 0.562. The van der Waals surface area contributed by atoms with Gasteiger partial charge in [-0.1, -0.05) is 43.2 Å². The lowest BCUT2D eigenvalue weighted by Gasteiger charge is -2.14. The summed E-state index contributed by atoms with van der Waals surface area (Å²) in [6, 6.07) is 8.61. The molecule has 2 unspecified atom stereocenters. The van der Waals surface area contributed by atoms with Crippen LogP contribution in [-0.2, 0) is 9.53 Å². The average molecular weight is 261 g/mol. The van der Waals surface area contributed by atoms with Crippen LogP contribution >= 0.6 is 0 Å². The molecule has 0 saturated carbocycles. The van der Waals surface area contributed by atoms with E-state index in [4.69, 9.17) is 4.74 Å². The molecular weight excluding hydrogens is 238 g/mol. The second kappa shape index (κ2) is 6.71. The molecule has 104 valence electrons. The van der Waals surface area contributed by atoms with Crippen LogP contribution < -0.4 is 5.32 Å². The highest BCUT2D eigenvalue weighted by Crippen LogP contribution is 2.27. The lowest BCUT2D eigenvalue weighted by Crippen LogP contribution is -2.33. The Morgan fingerprint density at radius 2 is 2.26 bits per heavy atom. The molecule has 1 aromatic carbocycles. The van der Waals surface area contributed by atoms with E-state index >= 15 is 0 Å². The number of esters is 1. The SMILES string of the molecule is CCCCOC(=O)C1CCC(c2cccc(C)c2)N1. The van der Waals surface area contributed by atoms with Gasteiger partial charge in [-0.3, -0.25) is 10.1 Å². The largest absolute Gasteiger partial charge is 0.465 e. The van der Waals surface area contributed by atoms with Gasteiger partial charge in [-0.25, -0.2) is 0 Å². The van der Waals surface area contributed by atoms with E-state index < -0.39 is 0 Å². The van der Waals surface area contributed by atoms with Gasteiger partial charge in [0.05, 0.1) is 6.61 Å². The second-order valence-electron chi connectivity index (χ2n) is 5.28. The van der Waals surface area contributed by atoms with E-state index in [2.05, 4.69) is 43.4 Å². The first-order valence-electron chi connectivity index (χ1n) is 7.20. The van der Waals surface area contributed by atoms with Gasteiger partial charge in [-0.2, -0.15) is 0 Å².